The van der Waals surface area contributed by atoms with Crippen molar-refractivity contribution in [3.63, 3.8) is 0 Å². The predicted molar refractivity (Wildman–Crippen MR) is 112 cm³/mol. The second-order valence-electron chi connectivity index (χ2n) is 7.25. The second-order valence-corrected chi connectivity index (χ2v) is 8.63. The van der Waals surface area contributed by atoms with E-state index in [1.54, 1.807) is 0 Å². The Balaban J connectivity index is 0.00000420. The van der Waals surface area contributed by atoms with Gasteiger partial charge in [0.2, 0.25) is 0 Å². The third kappa shape index (κ3) is 11.1. The van der Waals surface area contributed by atoms with Crippen molar-refractivity contribution in [1.29, 1.82) is 0 Å². The van der Waals surface area contributed by atoms with Crippen LogP contribution in [-0.4, -0.2) is 13.0 Å². The third-order valence-electron chi connectivity index (χ3n) is 4.84. The first-order chi connectivity index (χ1) is 13.5. The molecule has 0 unspecified atom stereocenters. The molecule has 0 atom stereocenters. The summed E-state index contributed by atoms with van der Waals surface area (Å²) in [6.45, 7) is 2.25. The molecule has 4 nitrogen and oxygen atoms in total. The predicted octanol–water partition coefficient (Wildman–Crippen LogP) is 3.46. The Labute approximate surface area is 218 Å². The molecule has 154 valence electrons. The standard InChI is InChI=1S/C23H32O4S.K/c1-2-3-4-5-6-7-8-9-10-11-20-12-14-21(15-13-20)27-22-16-18-23(19-17-22)28(24,25)26;/h12-19H,2-11H2,1H3,(H,24,25,26);/q;+1/p-1. The summed E-state index contributed by atoms with van der Waals surface area (Å²) in [5.74, 6) is 1.19. The maximum Gasteiger partial charge on any atom is 1.00 e. The van der Waals surface area contributed by atoms with Gasteiger partial charge in [0.25, 0.3) is 0 Å². The van der Waals surface area contributed by atoms with Gasteiger partial charge in [0.15, 0.2) is 0 Å². The monoisotopic (exact) mass is 442 g/mol. The molecule has 2 rings (SSSR count). The number of rotatable bonds is 13. The topological polar surface area (TPSA) is 66.4 Å². The molecule has 2 aromatic carbocycles. The molecule has 0 heterocycles. The molecule has 0 saturated heterocycles. The quantitative estimate of drug-likeness (QED) is 0.271. The minimum atomic E-state index is -4.42. The Morgan fingerprint density at radius 3 is 1.66 bits per heavy atom. The molecule has 0 spiro atoms. The zero-order chi connectivity index (χ0) is 20.2. The summed E-state index contributed by atoms with van der Waals surface area (Å²) < 4.78 is 38.5. The Morgan fingerprint density at radius 1 is 0.724 bits per heavy atom. The van der Waals surface area contributed by atoms with Crippen molar-refractivity contribution in [1.82, 2.24) is 0 Å². The molecule has 0 aliphatic carbocycles. The van der Waals surface area contributed by atoms with Crippen LogP contribution in [0.5, 0.6) is 11.5 Å². The van der Waals surface area contributed by atoms with Crippen molar-refractivity contribution in [2.24, 2.45) is 0 Å². The number of ether oxygens (including phenoxy) is 1. The fourth-order valence-corrected chi connectivity index (χ4v) is 3.64. The molecular weight excluding hydrogens is 411 g/mol. The number of aryl methyl sites for hydroxylation is 1. The van der Waals surface area contributed by atoms with Crippen molar-refractivity contribution >= 4 is 10.1 Å². The largest absolute Gasteiger partial charge is 1.00 e. The molecule has 0 saturated carbocycles. The Morgan fingerprint density at radius 2 is 1.17 bits per heavy atom. The van der Waals surface area contributed by atoms with E-state index in [2.05, 4.69) is 19.1 Å². The molecule has 0 aliphatic rings. The van der Waals surface area contributed by atoms with Gasteiger partial charge in [-0.2, -0.15) is 0 Å². The van der Waals surface area contributed by atoms with Gasteiger partial charge in [-0.05, 0) is 54.8 Å². The summed E-state index contributed by atoms with van der Waals surface area (Å²) in [6.07, 6.45) is 13.0. The van der Waals surface area contributed by atoms with Gasteiger partial charge in [-0.1, -0.05) is 70.4 Å². The summed E-state index contributed by atoms with van der Waals surface area (Å²) >= 11 is 0. The summed E-state index contributed by atoms with van der Waals surface area (Å²) in [5, 5.41) is 0. The van der Waals surface area contributed by atoms with Gasteiger partial charge in [-0.3, -0.25) is 0 Å². The maximum atomic E-state index is 10.9. The summed E-state index contributed by atoms with van der Waals surface area (Å²) in [4.78, 5) is -0.254. The molecule has 29 heavy (non-hydrogen) atoms. The van der Waals surface area contributed by atoms with Gasteiger partial charge in [0, 0.05) is 0 Å². The van der Waals surface area contributed by atoms with E-state index in [0.29, 0.717) is 11.5 Å². The first-order valence-electron chi connectivity index (χ1n) is 10.3. The molecule has 0 radical (unpaired) electrons. The van der Waals surface area contributed by atoms with E-state index in [9.17, 15) is 13.0 Å². The fraction of sp³-hybridized carbons (Fsp3) is 0.478. The van der Waals surface area contributed by atoms with E-state index in [-0.39, 0.29) is 56.3 Å². The van der Waals surface area contributed by atoms with Crippen LogP contribution in [0.25, 0.3) is 0 Å². The summed E-state index contributed by atoms with van der Waals surface area (Å²) in [7, 11) is -4.42. The third-order valence-corrected chi connectivity index (χ3v) is 5.69. The van der Waals surface area contributed by atoms with Crippen LogP contribution in [0.1, 0.15) is 70.3 Å². The zero-order valence-corrected chi connectivity index (χ0v) is 21.7. The molecule has 0 aliphatic heterocycles. The van der Waals surface area contributed by atoms with Gasteiger partial charge >= 0.3 is 51.4 Å². The minimum absolute atomic E-state index is 0. The maximum absolute atomic E-state index is 10.9. The molecular formula is C23H31KO4S. The van der Waals surface area contributed by atoms with Gasteiger partial charge in [0.05, 0.1) is 4.90 Å². The van der Waals surface area contributed by atoms with Crippen LogP contribution in [0.2, 0.25) is 0 Å². The van der Waals surface area contributed by atoms with Crippen LogP contribution in [0.3, 0.4) is 0 Å². The van der Waals surface area contributed by atoms with E-state index in [4.69, 9.17) is 4.74 Å². The van der Waals surface area contributed by atoms with Crippen LogP contribution >= 0.6 is 0 Å². The first kappa shape index (κ1) is 26.8. The van der Waals surface area contributed by atoms with Crippen molar-refractivity contribution in [2.75, 3.05) is 0 Å². The molecule has 0 amide bonds. The van der Waals surface area contributed by atoms with E-state index in [0.717, 1.165) is 6.42 Å². The Bertz CT molecular complexity index is 787. The molecule has 0 N–H and O–H groups in total. The average molecular weight is 443 g/mol. The zero-order valence-electron chi connectivity index (χ0n) is 17.7. The Kier molecular flexibility index (Phi) is 13.6. The smallest absolute Gasteiger partial charge is 0.744 e. The van der Waals surface area contributed by atoms with E-state index >= 15 is 0 Å². The van der Waals surface area contributed by atoms with Gasteiger partial charge in [-0.25, -0.2) is 8.42 Å². The molecule has 0 aromatic heterocycles. The van der Waals surface area contributed by atoms with Gasteiger partial charge in [-0.15, -0.1) is 0 Å². The van der Waals surface area contributed by atoms with Crippen LogP contribution in [0, 0.1) is 0 Å². The Hall–Kier alpha value is -0.214. The number of benzene rings is 2. The van der Waals surface area contributed by atoms with Gasteiger partial charge in [0.1, 0.15) is 21.6 Å². The van der Waals surface area contributed by atoms with Crippen LogP contribution in [-0.2, 0) is 16.5 Å². The normalized spacial score (nSPS) is 11.1. The van der Waals surface area contributed by atoms with Crippen LogP contribution < -0.4 is 56.1 Å². The molecule has 2 aromatic rings. The van der Waals surface area contributed by atoms with Crippen molar-refractivity contribution in [2.45, 2.75) is 76.0 Å². The number of unbranched alkanes of at least 4 members (excludes halogenated alkanes) is 8. The first-order valence-corrected chi connectivity index (χ1v) is 11.7. The summed E-state index contributed by atoms with van der Waals surface area (Å²) in [5.41, 5.74) is 1.29. The van der Waals surface area contributed by atoms with E-state index in [1.165, 1.54) is 87.6 Å². The molecule has 0 fully saturated rings. The fourth-order valence-electron chi connectivity index (χ4n) is 3.17. The van der Waals surface area contributed by atoms with Gasteiger partial charge < -0.3 is 9.29 Å². The number of hydrogen-bond donors (Lipinski definition) is 0. The minimum Gasteiger partial charge on any atom is -0.744 e. The van der Waals surface area contributed by atoms with Crippen molar-refractivity contribution < 1.29 is 69.1 Å². The summed E-state index contributed by atoms with van der Waals surface area (Å²) in [6, 6.07) is 13.5. The molecule has 0 bridgehead atoms. The van der Waals surface area contributed by atoms with Crippen LogP contribution in [0.15, 0.2) is 53.4 Å². The second kappa shape index (κ2) is 14.7. The SMILES string of the molecule is CCCCCCCCCCCc1ccc(Oc2ccc(S(=O)(=O)[O-])cc2)cc1.[K+]. The van der Waals surface area contributed by atoms with E-state index in [1.807, 2.05) is 12.1 Å². The number of hydrogen-bond acceptors (Lipinski definition) is 4. The molecule has 6 heteroatoms. The van der Waals surface area contributed by atoms with Crippen LogP contribution in [0.4, 0.5) is 0 Å². The van der Waals surface area contributed by atoms with E-state index < -0.39 is 10.1 Å². The van der Waals surface area contributed by atoms with Crippen molar-refractivity contribution in [3.05, 3.63) is 54.1 Å². The van der Waals surface area contributed by atoms with Crippen molar-refractivity contribution in [3.8, 4) is 11.5 Å². The average Bonchev–Trinajstić information content (AvgIpc) is 2.68.